The molecule has 1 aromatic heterocycles. The molecule has 9 heteroatoms. The number of likely N-dealkylation sites (tertiary alicyclic amines) is 1. The maximum absolute atomic E-state index is 12.8. The lowest BCUT2D eigenvalue weighted by atomic mass is 9.90. The van der Waals surface area contributed by atoms with Crippen LogP contribution >= 0.6 is 0 Å². The second-order valence-corrected chi connectivity index (χ2v) is 5.71. The Hall–Kier alpha value is -2.42. The van der Waals surface area contributed by atoms with Crippen molar-refractivity contribution >= 4 is 5.91 Å². The van der Waals surface area contributed by atoms with Gasteiger partial charge in [0.2, 0.25) is 0 Å². The van der Waals surface area contributed by atoms with E-state index in [2.05, 4.69) is 10.1 Å². The van der Waals surface area contributed by atoms with Crippen LogP contribution in [-0.2, 0) is 0 Å². The molecule has 0 aliphatic carbocycles. The van der Waals surface area contributed by atoms with E-state index in [0.717, 1.165) is 0 Å². The summed E-state index contributed by atoms with van der Waals surface area (Å²) < 4.78 is 39.9. The SMILES string of the molecule is O=C(c1ccc(-n2cncn2)cc1)N1CCC(O)(C(F)(F)F)CC1. The average Bonchev–Trinajstić information content (AvgIpc) is 3.08. The van der Waals surface area contributed by atoms with E-state index in [1.165, 1.54) is 22.2 Å². The van der Waals surface area contributed by atoms with Crippen molar-refractivity contribution in [1.82, 2.24) is 19.7 Å². The Kier molecular flexibility index (Phi) is 4.04. The number of carbonyl (C=O) groups excluding carboxylic acids is 1. The first-order chi connectivity index (χ1) is 11.3. The van der Waals surface area contributed by atoms with Crippen molar-refractivity contribution in [3.05, 3.63) is 42.5 Å². The molecule has 0 bridgehead atoms. The highest BCUT2D eigenvalue weighted by Crippen LogP contribution is 2.38. The van der Waals surface area contributed by atoms with E-state index in [4.69, 9.17) is 0 Å². The molecule has 1 fully saturated rings. The van der Waals surface area contributed by atoms with Gasteiger partial charge in [0.25, 0.3) is 5.91 Å². The van der Waals surface area contributed by atoms with Gasteiger partial charge in [-0.05, 0) is 24.3 Å². The van der Waals surface area contributed by atoms with Gasteiger partial charge in [-0.15, -0.1) is 0 Å². The summed E-state index contributed by atoms with van der Waals surface area (Å²) in [4.78, 5) is 17.5. The highest BCUT2D eigenvalue weighted by molar-refractivity contribution is 5.94. The van der Waals surface area contributed by atoms with Crippen molar-refractivity contribution in [3.8, 4) is 5.69 Å². The molecule has 128 valence electrons. The summed E-state index contributed by atoms with van der Waals surface area (Å²) in [6, 6.07) is 6.53. The van der Waals surface area contributed by atoms with E-state index in [0.29, 0.717) is 11.3 Å². The zero-order valence-electron chi connectivity index (χ0n) is 12.6. The number of alkyl halides is 3. The minimum Gasteiger partial charge on any atom is -0.380 e. The molecule has 1 aromatic carbocycles. The van der Waals surface area contributed by atoms with Crippen LogP contribution in [0.15, 0.2) is 36.9 Å². The fourth-order valence-electron chi connectivity index (χ4n) is 2.64. The third-order valence-electron chi connectivity index (χ3n) is 4.20. The van der Waals surface area contributed by atoms with Crippen molar-refractivity contribution in [3.63, 3.8) is 0 Å². The molecular weight excluding hydrogens is 325 g/mol. The van der Waals surface area contributed by atoms with Crippen LogP contribution < -0.4 is 0 Å². The van der Waals surface area contributed by atoms with Crippen molar-refractivity contribution in [2.75, 3.05) is 13.1 Å². The maximum atomic E-state index is 12.8. The second-order valence-electron chi connectivity index (χ2n) is 5.71. The largest absolute Gasteiger partial charge is 0.417 e. The standard InChI is InChI=1S/C15H15F3N4O2/c16-15(17,18)14(24)5-7-21(8-6-14)13(23)11-1-3-12(4-2-11)22-10-19-9-20-22/h1-4,9-10,24H,5-8H2. The number of amides is 1. The first-order valence-corrected chi connectivity index (χ1v) is 7.34. The lowest BCUT2D eigenvalue weighted by Crippen LogP contribution is -2.54. The monoisotopic (exact) mass is 340 g/mol. The van der Waals surface area contributed by atoms with Crippen LogP contribution in [0.3, 0.4) is 0 Å². The van der Waals surface area contributed by atoms with Gasteiger partial charge in [-0.25, -0.2) is 9.67 Å². The predicted molar refractivity (Wildman–Crippen MR) is 77.5 cm³/mol. The molecule has 0 spiro atoms. The van der Waals surface area contributed by atoms with Gasteiger partial charge in [0, 0.05) is 31.5 Å². The zero-order valence-corrected chi connectivity index (χ0v) is 12.6. The van der Waals surface area contributed by atoms with Gasteiger partial charge in [-0.2, -0.15) is 18.3 Å². The third kappa shape index (κ3) is 2.99. The Morgan fingerprint density at radius 2 is 1.79 bits per heavy atom. The van der Waals surface area contributed by atoms with E-state index >= 15 is 0 Å². The molecular formula is C15H15F3N4O2. The van der Waals surface area contributed by atoms with Crippen LogP contribution in [0.4, 0.5) is 13.2 Å². The minimum atomic E-state index is -4.68. The van der Waals surface area contributed by atoms with Crippen molar-refractivity contribution in [1.29, 1.82) is 0 Å². The summed E-state index contributed by atoms with van der Waals surface area (Å²) in [6.07, 6.45) is -2.81. The molecule has 3 rings (SSSR count). The first kappa shape index (κ1) is 16.4. The Morgan fingerprint density at radius 1 is 1.17 bits per heavy atom. The summed E-state index contributed by atoms with van der Waals surface area (Å²) >= 11 is 0. The van der Waals surface area contributed by atoms with E-state index in [-0.39, 0.29) is 19.0 Å². The summed E-state index contributed by atoms with van der Waals surface area (Å²) in [5, 5.41) is 13.6. The van der Waals surface area contributed by atoms with E-state index in [1.54, 1.807) is 24.3 Å². The minimum absolute atomic E-state index is 0.139. The molecule has 2 heterocycles. The number of hydrogen-bond acceptors (Lipinski definition) is 4. The quantitative estimate of drug-likeness (QED) is 0.905. The molecule has 1 aliphatic heterocycles. The van der Waals surface area contributed by atoms with Gasteiger partial charge in [-0.1, -0.05) is 0 Å². The van der Waals surface area contributed by atoms with Crippen LogP contribution in [-0.4, -0.2) is 55.5 Å². The number of carbonyl (C=O) groups is 1. The van der Waals surface area contributed by atoms with Gasteiger partial charge in [0.15, 0.2) is 5.60 Å². The molecule has 1 aliphatic rings. The molecule has 1 amide bonds. The molecule has 6 nitrogen and oxygen atoms in total. The number of aliphatic hydroxyl groups is 1. The summed E-state index contributed by atoms with van der Waals surface area (Å²) in [7, 11) is 0. The van der Waals surface area contributed by atoms with Crippen molar-refractivity contribution < 1.29 is 23.1 Å². The molecule has 0 atom stereocenters. The van der Waals surface area contributed by atoms with Crippen LogP contribution in [0.5, 0.6) is 0 Å². The second kappa shape index (κ2) is 5.90. The Labute approximate surface area is 135 Å². The fraction of sp³-hybridized carbons (Fsp3) is 0.400. The average molecular weight is 340 g/mol. The van der Waals surface area contributed by atoms with Gasteiger partial charge < -0.3 is 10.0 Å². The molecule has 1 saturated heterocycles. The normalized spacial score (nSPS) is 17.8. The number of nitrogens with zero attached hydrogens (tertiary/aromatic N) is 4. The molecule has 0 unspecified atom stereocenters. The van der Waals surface area contributed by atoms with Gasteiger partial charge in [0.05, 0.1) is 5.69 Å². The molecule has 24 heavy (non-hydrogen) atoms. The maximum Gasteiger partial charge on any atom is 0.417 e. The fourth-order valence-corrected chi connectivity index (χ4v) is 2.64. The van der Waals surface area contributed by atoms with Gasteiger partial charge in [-0.3, -0.25) is 4.79 Å². The smallest absolute Gasteiger partial charge is 0.380 e. The number of piperidine rings is 1. The van der Waals surface area contributed by atoms with Crippen LogP contribution in [0.25, 0.3) is 5.69 Å². The Balaban J connectivity index is 1.68. The van der Waals surface area contributed by atoms with Gasteiger partial charge >= 0.3 is 6.18 Å². The highest BCUT2D eigenvalue weighted by Gasteiger charge is 2.54. The summed E-state index contributed by atoms with van der Waals surface area (Å²) in [6.45, 7) is -0.278. The zero-order chi connectivity index (χ0) is 17.4. The lowest BCUT2D eigenvalue weighted by Gasteiger charge is -2.39. The Bertz CT molecular complexity index is 705. The number of hydrogen-bond donors (Lipinski definition) is 1. The van der Waals surface area contributed by atoms with E-state index < -0.39 is 24.6 Å². The molecule has 2 aromatic rings. The highest BCUT2D eigenvalue weighted by atomic mass is 19.4. The summed E-state index contributed by atoms with van der Waals surface area (Å²) in [5.74, 6) is -0.357. The van der Waals surface area contributed by atoms with Crippen LogP contribution in [0, 0.1) is 0 Å². The molecule has 0 radical (unpaired) electrons. The van der Waals surface area contributed by atoms with Crippen LogP contribution in [0.2, 0.25) is 0 Å². The number of rotatable bonds is 2. The Morgan fingerprint density at radius 3 is 2.29 bits per heavy atom. The number of benzene rings is 1. The van der Waals surface area contributed by atoms with Crippen molar-refractivity contribution in [2.45, 2.75) is 24.6 Å². The first-order valence-electron chi connectivity index (χ1n) is 7.34. The van der Waals surface area contributed by atoms with E-state index in [9.17, 15) is 23.1 Å². The van der Waals surface area contributed by atoms with Crippen molar-refractivity contribution in [2.24, 2.45) is 0 Å². The molecule has 1 N–H and O–H groups in total. The molecule has 0 saturated carbocycles. The summed E-state index contributed by atoms with van der Waals surface area (Å²) in [5.41, 5.74) is -1.62. The van der Waals surface area contributed by atoms with E-state index in [1.807, 2.05) is 0 Å². The number of aromatic nitrogens is 3. The predicted octanol–water partition coefficient (Wildman–Crippen LogP) is 1.80. The lowest BCUT2D eigenvalue weighted by molar-refractivity contribution is -0.271. The number of halogens is 3. The van der Waals surface area contributed by atoms with Gasteiger partial charge in [0.1, 0.15) is 12.7 Å². The topological polar surface area (TPSA) is 71.2 Å². The third-order valence-corrected chi connectivity index (χ3v) is 4.20. The van der Waals surface area contributed by atoms with Crippen LogP contribution in [0.1, 0.15) is 23.2 Å².